The van der Waals surface area contributed by atoms with Gasteiger partial charge in [-0.05, 0) is 39.5 Å². The summed E-state index contributed by atoms with van der Waals surface area (Å²) >= 11 is 0. The van der Waals surface area contributed by atoms with Crippen LogP contribution in [0.2, 0.25) is 0 Å². The largest absolute Gasteiger partial charge is 0.392 e. The average Bonchev–Trinajstić information content (AvgIpc) is 2.89. The standard InChI is InChI=1S/C13H22N2O2/c1-10-13(9-16)11(2)15(14-10)7-3-5-12-6-4-8-17-12/h12,16H,3-9H2,1-2H3. The highest BCUT2D eigenvalue weighted by molar-refractivity contribution is 5.23. The van der Waals surface area contributed by atoms with Crippen LogP contribution in [-0.4, -0.2) is 27.6 Å². The third-order valence-corrected chi connectivity index (χ3v) is 3.61. The van der Waals surface area contributed by atoms with Crippen molar-refractivity contribution >= 4 is 0 Å². The molecule has 0 saturated carbocycles. The van der Waals surface area contributed by atoms with Gasteiger partial charge in [-0.3, -0.25) is 4.68 Å². The molecule has 4 heteroatoms. The van der Waals surface area contributed by atoms with Crippen LogP contribution in [0.1, 0.15) is 42.6 Å². The van der Waals surface area contributed by atoms with Crippen molar-refractivity contribution in [2.24, 2.45) is 0 Å². The predicted molar refractivity (Wildman–Crippen MR) is 65.8 cm³/mol. The highest BCUT2D eigenvalue weighted by atomic mass is 16.5. The lowest BCUT2D eigenvalue weighted by atomic mass is 10.1. The van der Waals surface area contributed by atoms with Crippen molar-refractivity contribution in [3.05, 3.63) is 17.0 Å². The van der Waals surface area contributed by atoms with Gasteiger partial charge in [0.25, 0.3) is 0 Å². The second-order valence-electron chi connectivity index (χ2n) is 4.81. The Morgan fingerprint density at radius 2 is 2.29 bits per heavy atom. The SMILES string of the molecule is Cc1nn(CCCC2CCCO2)c(C)c1CO. The fourth-order valence-electron chi connectivity index (χ4n) is 2.52. The lowest BCUT2D eigenvalue weighted by Crippen LogP contribution is -2.09. The molecule has 0 aliphatic carbocycles. The molecule has 1 aliphatic rings. The molecule has 17 heavy (non-hydrogen) atoms. The molecular weight excluding hydrogens is 216 g/mol. The van der Waals surface area contributed by atoms with Gasteiger partial charge >= 0.3 is 0 Å². The van der Waals surface area contributed by atoms with Crippen molar-refractivity contribution in [1.82, 2.24) is 9.78 Å². The fourth-order valence-corrected chi connectivity index (χ4v) is 2.52. The average molecular weight is 238 g/mol. The van der Waals surface area contributed by atoms with Crippen LogP contribution in [0, 0.1) is 13.8 Å². The quantitative estimate of drug-likeness (QED) is 0.853. The zero-order chi connectivity index (χ0) is 12.3. The van der Waals surface area contributed by atoms with Gasteiger partial charge in [-0.25, -0.2) is 0 Å². The maximum Gasteiger partial charge on any atom is 0.0718 e. The van der Waals surface area contributed by atoms with Gasteiger partial charge in [0.2, 0.25) is 0 Å². The highest BCUT2D eigenvalue weighted by Crippen LogP contribution is 2.18. The Bertz CT molecular complexity index is 368. The molecule has 1 N–H and O–H groups in total. The minimum Gasteiger partial charge on any atom is -0.392 e. The smallest absolute Gasteiger partial charge is 0.0718 e. The van der Waals surface area contributed by atoms with Crippen molar-refractivity contribution in [1.29, 1.82) is 0 Å². The van der Waals surface area contributed by atoms with Crippen LogP contribution >= 0.6 is 0 Å². The molecule has 1 aromatic heterocycles. The third-order valence-electron chi connectivity index (χ3n) is 3.61. The van der Waals surface area contributed by atoms with E-state index in [2.05, 4.69) is 5.10 Å². The van der Waals surface area contributed by atoms with Crippen LogP contribution in [0.5, 0.6) is 0 Å². The third kappa shape index (κ3) is 2.87. The number of aliphatic hydroxyl groups is 1. The van der Waals surface area contributed by atoms with Gasteiger partial charge in [-0.15, -0.1) is 0 Å². The van der Waals surface area contributed by atoms with Crippen molar-refractivity contribution in [2.75, 3.05) is 6.61 Å². The molecular formula is C13H22N2O2. The Balaban J connectivity index is 1.86. The second kappa shape index (κ2) is 5.65. The molecule has 0 amide bonds. The zero-order valence-electron chi connectivity index (χ0n) is 10.8. The van der Waals surface area contributed by atoms with Gasteiger partial charge in [-0.2, -0.15) is 5.10 Å². The number of rotatable bonds is 5. The Hall–Kier alpha value is -0.870. The fraction of sp³-hybridized carbons (Fsp3) is 0.769. The van der Waals surface area contributed by atoms with Crippen LogP contribution in [-0.2, 0) is 17.9 Å². The number of aromatic nitrogens is 2. The van der Waals surface area contributed by atoms with E-state index < -0.39 is 0 Å². The van der Waals surface area contributed by atoms with E-state index >= 15 is 0 Å². The van der Waals surface area contributed by atoms with E-state index in [9.17, 15) is 5.11 Å². The highest BCUT2D eigenvalue weighted by Gasteiger charge is 2.15. The van der Waals surface area contributed by atoms with E-state index in [0.717, 1.165) is 42.9 Å². The summed E-state index contributed by atoms with van der Waals surface area (Å²) in [6.07, 6.45) is 5.09. The predicted octanol–water partition coefficient (Wildman–Crippen LogP) is 1.95. The van der Waals surface area contributed by atoms with Crippen LogP contribution in [0.25, 0.3) is 0 Å². The Morgan fingerprint density at radius 3 is 2.88 bits per heavy atom. The summed E-state index contributed by atoms with van der Waals surface area (Å²) in [4.78, 5) is 0. The Morgan fingerprint density at radius 1 is 1.47 bits per heavy atom. The molecule has 2 heterocycles. The van der Waals surface area contributed by atoms with Gasteiger partial charge in [0.1, 0.15) is 0 Å². The maximum atomic E-state index is 9.24. The Labute approximate surface area is 103 Å². The molecule has 0 spiro atoms. The molecule has 4 nitrogen and oxygen atoms in total. The molecule has 1 aliphatic heterocycles. The van der Waals surface area contributed by atoms with Crippen LogP contribution in [0.4, 0.5) is 0 Å². The lowest BCUT2D eigenvalue weighted by molar-refractivity contribution is 0.101. The van der Waals surface area contributed by atoms with Crippen LogP contribution < -0.4 is 0 Å². The van der Waals surface area contributed by atoms with Gasteiger partial charge < -0.3 is 9.84 Å². The molecule has 0 radical (unpaired) electrons. The summed E-state index contributed by atoms with van der Waals surface area (Å²) in [5, 5.41) is 13.7. The minimum absolute atomic E-state index is 0.0867. The summed E-state index contributed by atoms with van der Waals surface area (Å²) in [5.74, 6) is 0. The van der Waals surface area contributed by atoms with E-state index in [1.165, 1.54) is 12.8 Å². The first kappa shape index (κ1) is 12.6. The molecule has 0 bridgehead atoms. The van der Waals surface area contributed by atoms with Gasteiger partial charge in [0.15, 0.2) is 0 Å². The van der Waals surface area contributed by atoms with E-state index in [-0.39, 0.29) is 6.61 Å². The lowest BCUT2D eigenvalue weighted by Gasteiger charge is -2.09. The number of aliphatic hydroxyl groups excluding tert-OH is 1. The summed E-state index contributed by atoms with van der Waals surface area (Å²) in [6, 6.07) is 0. The van der Waals surface area contributed by atoms with Gasteiger partial charge in [-0.1, -0.05) is 0 Å². The number of aryl methyl sites for hydroxylation is 2. The number of hydrogen-bond acceptors (Lipinski definition) is 3. The molecule has 1 aromatic rings. The van der Waals surface area contributed by atoms with Crippen molar-refractivity contribution in [3.8, 4) is 0 Å². The molecule has 1 fully saturated rings. The zero-order valence-corrected chi connectivity index (χ0v) is 10.8. The van der Waals surface area contributed by atoms with Crippen LogP contribution in [0.3, 0.4) is 0 Å². The minimum atomic E-state index is 0.0867. The number of ether oxygens (including phenoxy) is 1. The molecule has 0 aromatic carbocycles. The summed E-state index contributed by atoms with van der Waals surface area (Å²) in [5.41, 5.74) is 3.02. The summed E-state index contributed by atoms with van der Waals surface area (Å²) < 4.78 is 7.61. The monoisotopic (exact) mass is 238 g/mol. The van der Waals surface area contributed by atoms with Gasteiger partial charge in [0.05, 0.1) is 18.4 Å². The normalized spacial score (nSPS) is 20.1. The Kier molecular flexibility index (Phi) is 4.18. The van der Waals surface area contributed by atoms with Crippen LogP contribution in [0.15, 0.2) is 0 Å². The van der Waals surface area contributed by atoms with Crippen molar-refractivity contribution in [2.45, 2.75) is 58.8 Å². The van der Waals surface area contributed by atoms with Gasteiger partial charge in [0, 0.05) is 24.4 Å². The van der Waals surface area contributed by atoms with E-state index in [0.29, 0.717) is 6.10 Å². The number of hydrogen-bond donors (Lipinski definition) is 1. The maximum absolute atomic E-state index is 9.24. The van der Waals surface area contributed by atoms with E-state index in [1.54, 1.807) is 0 Å². The molecule has 96 valence electrons. The van der Waals surface area contributed by atoms with E-state index in [1.807, 2.05) is 18.5 Å². The summed E-state index contributed by atoms with van der Waals surface area (Å²) in [6.45, 7) is 5.92. The molecule has 2 rings (SSSR count). The summed E-state index contributed by atoms with van der Waals surface area (Å²) in [7, 11) is 0. The van der Waals surface area contributed by atoms with Crippen molar-refractivity contribution in [3.63, 3.8) is 0 Å². The molecule has 1 unspecified atom stereocenters. The first-order valence-corrected chi connectivity index (χ1v) is 6.47. The second-order valence-corrected chi connectivity index (χ2v) is 4.81. The topological polar surface area (TPSA) is 47.3 Å². The van der Waals surface area contributed by atoms with Crippen molar-refractivity contribution < 1.29 is 9.84 Å². The molecule has 1 saturated heterocycles. The molecule has 1 atom stereocenters. The first-order valence-electron chi connectivity index (χ1n) is 6.47. The number of nitrogens with zero attached hydrogens (tertiary/aromatic N) is 2. The van der Waals surface area contributed by atoms with E-state index in [4.69, 9.17) is 4.74 Å². The first-order chi connectivity index (χ1) is 8.22.